The van der Waals surface area contributed by atoms with Gasteiger partial charge in [0.15, 0.2) is 5.78 Å². The van der Waals surface area contributed by atoms with Crippen molar-refractivity contribution in [2.75, 3.05) is 17.7 Å². The minimum Gasteiger partial charge on any atom is -0.497 e. The molecule has 0 aliphatic heterocycles. The number of ketones is 1. The quantitative estimate of drug-likeness (QED) is 0.463. The van der Waals surface area contributed by atoms with Gasteiger partial charge in [0.25, 0.3) is 0 Å². The van der Waals surface area contributed by atoms with Crippen LogP contribution in [0.5, 0.6) is 5.75 Å². The van der Waals surface area contributed by atoms with Crippen LogP contribution < -0.4 is 15.4 Å². The van der Waals surface area contributed by atoms with Gasteiger partial charge in [-0.1, -0.05) is 25.1 Å². The number of hydrogen-bond donors (Lipinski definition) is 2. The zero-order chi connectivity index (χ0) is 20.1. The topological polar surface area (TPSA) is 76.1 Å². The zero-order valence-corrected chi connectivity index (χ0v) is 17.5. The molecule has 0 aliphatic carbocycles. The molecule has 0 saturated carbocycles. The Balaban J connectivity index is 1.90. The summed E-state index contributed by atoms with van der Waals surface area (Å²) in [5, 5.41) is 6.45. The highest BCUT2D eigenvalue weighted by molar-refractivity contribution is 9.10. The fourth-order valence-electron chi connectivity index (χ4n) is 2.65. The van der Waals surface area contributed by atoms with Crippen LogP contribution in [-0.2, 0) is 0 Å². The molecule has 0 aliphatic rings. The van der Waals surface area contributed by atoms with Crippen LogP contribution in [0.4, 0.5) is 23.1 Å². The maximum atomic E-state index is 12.2. The second-order valence-electron chi connectivity index (χ2n) is 6.14. The van der Waals surface area contributed by atoms with E-state index in [2.05, 4.69) is 36.5 Å². The average molecular weight is 441 g/mol. The summed E-state index contributed by atoms with van der Waals surface area (Å²) in [6.07, 6.45) is 2.10. The number of ether oxygens (including phenoxy) is 1. The predicted octanol–water partition coefficient (Wildman–Crippen LogP) is 5.64. The predicted molar refractivity (Wildman–Crippen MR) is 115 cm³/mol. The largest absolute Gasteiger partial charge is 0.497 e. The Kier molecular flexibility index (Phi) is 6.26. The number of methoxy groups -OCH3 is 1. The van der Waals surface area contributed by atoms with E-state index in [0.29, 0.717) is 33.9 Å². The molecule has 0 spiro atoms. The first-order chi connectivity index (χ1) is 13.5. The molecular formula is C21H21BrN4O2. The molecule has 7 heteroatoms. The van der Waals surface area contributed by atoms with Crippen LogP contribution in [-0.4, -0.2) is 22.9 Å². The molecule has 0 saturated heterocycles. The third-order valence-electron chi connectivity index (χ3n) is 4.24. The number of hydrogen-bond acceptors (Lipinski definition) is 6. The van der Waals surface area contributed by atoms with E-state index in [4.69, 9.17) is 4.74 Å². The summed E-state index contributed by atoms with van der Waals surface area (Å²) >= 11 is 3.47. The van der Waals surface area contributed by atoms with E-state index in [1.807, 2.05) is 56.3 Å². The molecule has 0 fully saturated rings. The van der Waals surface area contributed by atoms with Gasteiger partial charge in [0.05, 0.1) is 17.3 Å². The number of nitrogens with one attached hydrogen (secondary N) is 2. The summed E-state index contributed by atoms with van der Waals surface area (Å²) in [7, 11) is 1.63. The Morgan fingerprint density at radius 3 is 2.68 bits per heavy atom. The van der Waals surface area contributed by atoms with E-state index in [0.717, 1.165) is 17.0 Å². The van der Waals surface area contributed by atoms with E-state index >= 15 is 0 Å². The van der Waals surface area contributed by atoms with Crippen molar-refractivity contribution in [1.82, 2.24) is 9.97 Å². The van der Waals surface area contributed by atoms with E-state index in [-0.39, 0.29) is 5.78 Å². The second kappa shape index (κ2) is 8.84. The number of carbonyl (C=O) groups is 1. The molecule has 0 unspecified atom stereocenters. The first-order valence-corrected chi connectivity index (χ1v) is 9.64. The van der Waals surface area contributed by atoms with Crippen LogP contribution >= 0.6 is 15.9 Å². The summed E-state index contributed by atoms with van der Waals surface area (Å²) < 4.78 is 5.98. The van der Waals surface area contributed by atoms with Crippen LogP contribution in [0.1, 0.15) is 29.3 Å². The number of benzene rings is 2. The van der Waals surface area contributed by atoms with Gasteiger partial charge in [-0.25, -0.2) is 4.98 Å². The number of rotatable bonds is 7. The van der Waals surface area contributed by atoms with Gasteiger partial charge in [-0.15, -0.1) is 0 Å². The summed E-state index contributed by atoms with van der Waals surface area (Å²) in [4.78, 5) is 21.1. The van der Waals surface area contributed by atoms with Crippen LogP contribution in [0.3, 0.4) is 0 Å². The van der Waals surface area contributed by atoms with Gasteiger partial charge in [-0.05, 0) is 46.6 Å². The van der Waals surface area contributed by atoms with Gasteiger partial charge in [0.2, 0.25) is 5.95 Å². The minimum absolute atomic E-state index is 0.0682. The molecular weight excluding hydrogens is 420 g/mol. The van der Waals surface area contributed by atoms with Crippen molar-refractivity contribution in [3.05, 3.63) is 64.3 Å². The maximum Gasteiger partial charge on any atom is 0.229 e. The normalized spacial score (nSPS) is 10.4. The van der Waals surface area contributed by atoms with Gasteiger partial charge in [-0.3, -0.25) is 4.79 Å². The number of para-hydroxylation sites is 1. The number of anilines is 4. The van der Waals surface area contributed by atoms with Gasteiger partial charge in [0, 0.05) is 29.9 Å². The Bertz CT molecular complexity index is 1010. The van der Waals surface area contributed by atoms with Crippen molar-refractivity contribution < 1.29 is 9.53 Å². The summed E-state index contributed by atoms with van der Waals surface area (Å²) in [5.41, 5.74) is 3.24. The number of aryl methyl sites for hydroxylation is 1. The van der Waals surface area contributed by atoms with E-state index in [1.165, 1.54) is 0 Å². The monoisotopic (exact) mass is 440 g/mol. The molecule has 144 valence electrons. The highest BCUT2D eigenvalue weighted by Gasteiger charge is 2.12. The molecule has 0 bridgehead atoms. The smallest absolute Gasteiger partial charge is 0.229 e. The second-order valence-corrected chi connectivity index (χ2v) is 7.00. The van der Waals surface area contributed by atoms with E-state index < -0.39 is 0 Å². The van der Waals surface area contributed by atoms with Crippen molar-refractivity contribution in [1.29, 1.82) is 0 Å². The SMILES string of the molecule is CCC(=O)c1ccccc1Nc1nc(Nc2cc(OC)ccc2C)ncc1Br. The summed E-state index contributed by atoms with van der Waals surface area (Å²) in [6.45, 7) is 3.84. The number of aromatic nitrogens is 2. The van der Waals surface area contributed by atoms with Crippen molar-refractivity contribution >= 4 is 44.9 Å². The van der Waals surface area contributed by atoms with Crippen molar-refractivity contribution in [3.8, 4) is 5.75 Å². The van der Waals surface area contributed by atoms with Crippen LogP contribution in [0.25, 0.3) is 0 Å². The van der Waals surface area contributed by atoms with Crippen molar-refractivity contribution in [2.45, 2.75) is 20.3 Å². The minimum atomic E-state index is 0.0682. The van der Waals surface area contributed by atoms with Gasteiger partial charge < -0.3 is 15.4 Å². The van der Waals surface area contributed by atoms with Crippen molar-refractivity contribution in [2.24, 2.45) is 0 Å². The Morgan fingerprint density at radius 2 is 1.93 bits per heavy atom. The van der Waals surface area contributed by atoms with Crippen LogP contribution in [0.2, 0.25) is 0 Å². The lowest BCUT2D eigenvalue weighted by Crippen LogP contribution is -2.06. The molecule has 0 amide bonds. The summed E-state index contributed by atoms with van der Waals surface area (Å²) in [5.74, 6) is 1.81. The molecule has 0 radical (unpaired) electrons. The molecule has 3 aromatic rings. The van der Waals surface area contributed by atoms with E-state index in [9.17, 15) is 4.79 Å². The zero-order valence-electron chi connectivity index (χ0n) is 15.9. The van der Waals surface area contributed by atoms with Crippen LogP contribution in [0.15, 0.2) is 53.1 Å². The van der Waals surface area contributed by atoms with Gasteiger partial charge in [-0.2, -0.15) is 4.98 Å². The Labute approximate surface area is 172 Å². The lowest BCUT2D eigenvalue weighted by atomic mass is 10.1. The van der Waals surface area contributed by atoms with Gasteiger partial charge in [0.1, 0.15) is 11.6 Å². The Hall–Kier alpha value is -2.93. The molecule has 1 aromatic heterocycles. The maximum absolute atomic E-state index is 12.2. The molecule has 28 heavy (non-hydrogen) atoms. The lowest BCUT2D eigenvalue weighted by Gasteiger charge is -2.14. The molecule has 2 aromatic carbocycles. The number of Topliss-reactive ketones (excluding diaryl/α,β-unsaturated/α-hetero) is 1. The molecule has 0 atom stereocenters. The van der Waals surface area contributed by atoms with Crippen LogP contribution in [0, 0.1) is 6.92 Å². The molecule has 3 rings (SSSR count). The fraction of sp³-hybridized carbons (Fsp3) is 0.190. The summed E-state index contributed by atoms with van der Waals surface area (Å²) in [6, 6.07) is 13.1. The molecule has 1 heterocycles. The fourth-order valence-corrected chi connectivity index (χ4v) is 2.94. The molecule has 2 N–H and O–H groups in total. The molecule has 6 nitrogen and oxygen atoms in total. The third-order valence-corrected chi connectivity index (χ3v) is 4.82. The van der Waals surface area contributed by atoms with E-state index in [1.54, 1.807) is 13.3 Å². The highest BCUT2D eigenvalue weighted by Crippen LogP contribution is 2.29. The number of carbonyl (C=O) groups excluding carboxylic acids is 1. The number of halogens is 1. The van der Waals surface area contributed by atoms with Crippen molar-refractivity contribution in [3.63, 3.8) is 0 Å². The first kappa shape index (κ1) is 19.8. The highest BCUT2D eigenvalue weighted by atomic mass is 79.9. The first-order valence-electron chi connectivity index (χ1n) is 8.85. The van der Waals surface area contributed by atoms with Gasteiger partial charge >= 0.3 is 0 Å². The lowest BCUT2D eigenvalue weighted by molar-refractivity contribution is 0.0989. The Morgan fingerprint density at radius 1 is 1.14 bits per heavy atom. The standard InChI is InChI=1S/C21H21BrN4O2/c1-4-19(27)15-7-5-6-8-17(15)24-20-16(22)12-23-21(26-20)25-18-11-14(28-3)10-9-13(18)2/h5-12H,4H2,1-3H3,(H2,23,24,25,26). The third kappa shape index (κ3) is 4.48. The number of nitrogens with zero attached hydrogens (tertiary/aromatic N) is 2. The average Bonchev–Trinajstić information content (AvgIpc) is 2.72.